The fraction of sp³-hybridized carbons (Fsp3) is 0.438. The van der Waals surface area contributed by atoms with Crippen LogP contribution in [0.25, 0.3) is 11.0 Å². The Hall–Kier alpha value is -2.97. The van der Waals surface area contributed by atoms with Gasteiger partial charge in [0.25, 0.3) is 0 Å². The second-order valence-electron chi connectivity index (χ2n) is 5.31. The SMILES string of the molecule is CCOC(=O)c1cc2[nH]c(/N=C(\C)N(C)C)nc2c(C(=O)OCC)n1. The maximum atomic E-state index is 12.2. The maximum Gasteiger partial charge on any atom is 0.359 e. The van der Waals surface area contributed by atoms with Gasteiger partial charge < -0.3 is 19.4 Å². The molecule has 0 aliphatic carbocycles. The largest absolute Gasteiger partial charge is 0.461 e. The van der Waals surface area contributed by atoms with Gasteiger partial charge in [-0.1, -0.05) is 0 Å². The molecule has 2 aromatic heterocycles. The number of nitrogens with one attached hydrogen (secondary N) is 1. The summed E-state index contributed by atoms with van der Waals surface area (Å²) in [6.45, 7) is 5.58. The molecule has 0 atom stereocenters. The number of hydrogen-bond acceptors (Lipinski definition) is 7. The minimum atomic E-state index is -0.662. The first kappa shape index (κ1) is 18.4. The molecule has 0 unspecified atom stereocenters. The van der Waals surface area contributed by atoms with Crippen molar-refractivity contribution in [1.82, 2.24) is 19.9 Å². The number of ether oxygens (including phenoxy) is 2. The lowest BCUT2D eigenvalue weighted by atomic mass is 10.2. The molecule has 0 saturated heterocycles. The number of fused-ring (bicyclic) bond motifs is 1. The molecule has 2 heterocycles. The molecule has 9 heteroatoms. The van der Waals surface area contributed by atoms with Crippen LogP contribution in [0.2, 0.25) is 0 Å². The summed E-state index contributed by atoms with van der Waals surface area (Å²) in [5, 5.41) is 0. The Kier molecular flexibility index (Phi) is 5.68. The van der Waals surface area contributed by atoms with Crippen molar-refractivity contribution in [2.45, 2.75) is 20.8 Å². The molecular weight excluding hydrogens is 326 g/mol. The third kappa shape index (κ3) is 4.11. The summed E-state index contributed by atoms with van der Waals surface area (Å²) in [5.74, 6) is -0.269. The molecule has 2 rings (SSSR count). The molecule has 0 fully saturated rings. The number of rotatable bonds is 5. The average molecular weight is 347 g/mol. The van der Waals surface area contributed by atoms with Gasteiger partial charge in [-0.3, -0.25) is 0 Å². The summed E-state index contributed by atoms with van der Waals surface area (Å²) in [4.78, 5) is 41.7. The standard InChI is InChI=1S/C16H21N5O4/c1-6-24-14(22)11-8-10-12(13(18-11)15(23)25-7-2)20-16(19-10)17-9(3)21(4)5/h8H,6-7H2,1-5H3,(H,19,20)/b17-9+. The number of imidazole rings is 1. The highest BCUT2D eigenvalue weighted by Crippen LogP contribution is 2.21. The molecule has 134 valence electrons. The molecule has 0 aromatic carbocycles. The van der Waals surface area contributed by atoms with E-state index in [1.807, 2.05) is 25.9 Å². The van der Waals surface area contributed by atoms with Gasteiger partial charge >= 0.3 is 11.9 Å². The van der Waals surface area contributed by atoms with Crippen molar-refractivity contribution in [2.24, 2.45) is 4.99 Å². The lowest BCUT2D eigenvalue weighted by Crippen LogP contribution is -2.17. The summed E-state index contributed by atoms with van der Waals surface area (Å²) >= 11 is 0. The van der Waals surface area contributed by atoms with Crippen molar-refractivity contribution in [1.29, 1.82) is 0 Å². The van der Waals surface area contributed by atoms with Gasteiger partial charge in [0.15, 0.2) is 11.4 Å². The molecule has 0 bridgehead atoms. The van der Waals surface area contributed by atoms with Gasteiger partial charge in [0.1, 0.15) is 11.4 Å². The number of amidine groups is 1. The lowest BCUT2D eigenvalue weighted by molar-refractivity contribution is 0.0513. The summed E-state index contributed by atoms with van der Waals surface area (Å²) in [5.41, 5.74) is 0.687. The van der Waals surface area contributed by atoms with Crippen LogP contribution in [0.3, 0.4) is 0 Å². The molecule has 0 amide bonds. The average Bonchev–Trinajstić information content (AvgIpc) is 2.96. The van der Waals surface area contributed by atoms with Crippen molar-refractivity contribution >= 4 is 34.8 Å². The van der Waals surface area contributed by atoms with Crippen LogP contribution in [-0.4, -0.2) is 64.9 Å². The number of pyridine rings is 1. The molecule has 0 aliphatic heterocycles. The Morgan fingerprint density at radius 3 is 2.40 bits per heavy atom. The number of nitrogens with zero attached hydrogens (tertiary/aromatic N) is 4. The number of carbonyl (C=O) groups is 2. The summed E-state index contributed by atoms with van der Waals surface area (Å²) in [6, 6.07) is 1.48. The van der Waals surface area contributed by atoms with Gasteiger partial charge in [-0.25, -0.2) is 24.5 Å². The topological polar surface area (TPSA) is 110 Å². The molecule has 0 saturated carbocycles. The number of aliphatic imine (C=N–C) groups is 1. The highest BCUT2D eigenvalue weighted by Gasteiger charge is 2.21. The van der Waals surface area contributed by atoms with Crippen LogP contribution in [0.5, 0.6) is 0 Å². The van der Waals surface area contributed by atoms with Crippen molar-refractivity contribution in [3.05, 3.63) is 17.5 Å². The van der Waals surface area contributed by atoms with Crippen molar-refractivity contribution < 1.29 is 19.1 Å². The number of hydrogen-bond donors (Lipinski definition) is 1. The predicted molar refractivity (Wildman–Crippen MR) is 92.3 cm³/mol. The third-order valence-electron chi connectivity index (χ3n) is 3.33. The van der Waals surface area contributed by atoms with Crippen LogP contribution in [-0.2, 0) is 9.47 Å². The second kappa shape index (κ2) is 7.73. The molecule has 0 radical (unpaired) electrons. The quantitative estimate of drug-likeness (QED) is 0.500. The van der Waals surface area contributed by atoms with E-state index in [4.69, 9.17) is 9.47 Å². The molecule has 1 N–H and O–H groups in total. The van der Waals surface area contributed by atoms with Crippen LogP contribution in [0.1, 0.15) is 41.7 Å². The summed E-state index contributed by atoms with van der Waals surface area (Å²) < 4.78 is 9.96. The monoisotopic (exact) mass is 347 g/mol. The van der Waals surface area contributed by atoms with E-state index in [2.05, 4.69) is 19.9 Å². The van der Waals surface area contributed by atoms with Gasteiger partial charge in [0, 0.05) is 14.1 Å². The van der Waals surface area contributed by atoms with E-state index in [-0.39, 0.29) is 30.1 Å². The predicted octanol–water partition coefficient (Wildman–Crippen LogP) is 1.92. The van der Waals surface area contributed by atoms with Crippen molar-refractivity contribution in [2.75, 3.05) is 27.3 Å². The first-order chi connectivity index (χ1) is 11.9. The number of aromatic nitrogens is 3. The second-order valence-corrected chi connectivity index (χ2v) is 5.31. The summed E-state index contributed by atoms with van der Waals surface area (Å²) in [7, 11) is 3.71. The van der Waals surface area contributed by atoms with Gasteiger partial charge in [0.05, 0.1) is 18.7 Å². The van der Waals surface area contributed by atoms with Crippen LogP contribution in [0.4, 0.5) is 5.95 Å². The highest BCUT2D eigenvalue weighted by molar-refractivity contribution is 6.03. The summed E-state index contributed by atoms with van der Waals surface area (Å²) in [6.07, 6.45) is 0. The number of esters is 2. The smallest absolute Gasteiger partial charge is 0.359 e. The Labute approximate surface area is 145 Å². The lowest BCUT2D eigenvalue weighted by Gasteiger charge is -2.09. The number of H-pyrrole nitrogens is 1. The van der Waals surface area contributed by atoms with E-state index in [0.29, 0.717) is 11.5 Å². The first-order valence-corrected chi connectivity index (χ1v) is 7.85. The molecule has 0 aliphatic rings. The normalized spacial score (nSPS) is 11.5. The Balaban J connectivity index is 2.60. The van der Waals surface area contributed by atoms with Crippen LogP contribution in [0.15, 0.2) is 11.1 Å². The zero-order valence-corrected chi connectivity index (χ0v) is 14.9. The van der Waals surface area contributed by atoms with Gasteiger partial charge in [-0.2, -0.15) is 0 Å². The van der Waals surface area contributed by atoms with E-state index < -0.39 is 11.9 Å². The van der Waals surface area contributed by atoms with Gasteiger partial charge in [-0.05, 0) is 26.8 Å². The van der Waals surface area contributed by atoms with E-state index >= 15 is 0 Å². The fourth-order valence-corrected chi connectivity index (χ4v) is 1.96. The van der Waals surface area contributed by atoms with Crippen molar-refractivity contribution in [3.8, 4) is 0 Å². The van der Waals surface area contributed by atoms with E-state index in [9.17, 15) is 9.59 Å². The Morgan fingerprint density at radius 1 is 1.16 bits per heavy atom. The van der Waals surface area contributed by atoms with Crippen LogP contribution < -0.4 is 0 Å². The minimum Gasteiger partial charge on any atom is -0.461 e. The molecular formula is C16H21N5O4. The Bertz CT molecular complexity index is 825. The third-order valence-corrected chi connectivity index (χ3v) is 3.33. The zero-order valence-electron chi connectivity index (χ0n) is 14.9. The molecule has 25 heavy (non-hydrogen) atoms. The van der Waals surface area contributed by atoms with Crippen LogP contribution >= 0.6 is 0 Å². The number of aromatic amines is 1. The van der Waals surface area contributed by atoms with E-state index in [0.717, 1.165) is 5.84 Å². The van der Waals surface area contributed by atoms with Crippen molar-refractivity contribution in [3.63, 3.8) is 0 Å². The number of carbonyl (C=O) groups excluding carboxylic acids is 2. The fourth-order valence-electron chi connectivity index (χ4n) is 1.96. The zero-order chi connectivity index (χ0) is 18.6. The minimum absolute atomic E-state index is 0.000846. The first-order valence-electron chi connectivity index (χ1n) is 7.85. The molecule has 2 aromatic rings. The highest BCUT2D eigenvalue weighted by atomic mass is 16.5. The molecule has 9 nitrogen and oxygen atoms in total. The maximum absolute atomic E-state index is 12.2. The Morgan fingerprint density at radius 2 is 1.80 bits per heavy atom. The van der Waals surface area contributed by atoms with Gasteiger partial charge in [-0.15, -0.1) is 0 Å². The van der Waals surface area contributed by atoms with Crippen LogP contribution in [0, 0.1) is 0 Å². The molecule has 0 spiro atoms. The van der Waals surface area contributed by atoms with E-state index in [1.165, 1.54) is 6.07 Å². The van der Waals surface area contributed by atoms with E-state index in [1.54, 1.807) is 13.8 Å². The van der Waals surface area contributed by atoms with Gasteiger partial charge in [0.2, 0.25) is 5.95 Å².